The highest BCUT2D eigenvalue weighted by Gasteiger charge is 2.34. The third-order valence-electron chi connectivity index (χ3n) is 3.48. The Morgan fingerprint density at radius 3 is 2.45 bits per heavy atom. The Labute approximate surface area is 125 Å². The first-order chi connectivity index (χ1) is 9.36. The number of nitro benzene ring substituents is 1. The molecule has 20 heavy (non-hydrogen) atoms. The van der Waals surface area contributed by atoms with Crippen LogP contribution in [0.2, 0.25) is 0 Å². The van der Waals surface area contributed by atoms with Gasteiger partial charge in [0.2, 0.25) is 0 Å². The van der Waals surface area contributed by atoms with E-state index >= 15 is 0 Å². The van der Waals surface area contributed by atoms with Gasteiger partial charge in [-0.05, 0) is 24.5 Å². The molecule has 0 saturated heterocycles. The van der Waals surface area contributed by atoms with E-state index in [0.717, 1.165) is 5.56 Å². The Bertz CT molecular complexity index is 515. The van der Waals surface area contributed by atoms with Gasteiger partial charge in [0.15, 0.2) is 0 Å². The van der Waals surface area contributed by atoms with E-state index in [4.69, 9.17) is 0 Å². The van der Waals surface area contributed by atoms with Gasteiger partial charge in [0.25, 0.3) is 5.69 Å². The molecule has 0 radical (unpaired) electrons. The molecule has 0 spiro atoms. The van der Waals surface area contributed by atoms with Crippen LogP contribution < -0.4 is 5.32 Å². The molecule has 0 fully saturated rings. The summed E-state index contributed by atoms with van der Waals surface area (Å²) in [5, 5.41) is 23.0. The predicted octanol–water partition coefficient (Wildman–Crippen LogP) is 3.09. The predicted molar refractivity (Wildman–Crippen MR) is 78.6 cm³/mol. The van der Waals surface area contributed by atoms with Crippen molar-refractivity contribution in [2.45, 2.75) is 38.8 Å². The van der Waals surface area contributed by atoms with Gasteiger partial charge in [0, 0.05) is 23.2 Å². The summed E-state index contributed by atoms with van der Waals surface area (Å²) in [7, 11) is 0. The number of hydrogen-bond acceptors (Lipinski definition) is 4. The summed E-state index contributed by atoms with van der Waals surface area (Å²) in [6.07, 6.45) is 0.923. The topological polar surface area (TPSA) is 92.5 Å². The van der Waals surface area contributed by atoms with Crippen molar-refractivity contribution in [3.8, 4) is 0 Å². The van der Waals surface area contributed by atoms with E-state index in [1.165, 1.54) is 12.1 Å². The number of nitro groups is 1. The maximum absolute atomic E-state index is 11.4. The van der Waals surface area contributed by atoms with Crippen molar-refractivity contribution in [1.82, 2.24) is 5.32 Å². The first-order valence-corrected chi connectivity index (χ1v) is 7.06. The largest absolute Gasteiger partial charge is 0.480 e. The molecule has 0 aliphatic heterocycles. The summed E-state index contributed by atoms with van der Waals surface area (Å²) in [6.45, 7) is 3.96. The van der Waals surface area contributed by atoms with Crippen molar-refractivity contribution < 1.29 is 14.8 Å². The van der Waals surface area contributed by atoms with E-state index in [9.17, 15) is 20.0 Å². The highest BCUT2D eigenvalue weighted by Crippen LogP contribution is 2.24. The molecule has 2 N–H and O–H groups in total. The number of nitrogens with zero attached hydrogens (tertiary/aromatic N) is 1. The molecule has 6 nitrogen and oxygen atoms in total. The third kappa shape index (κ3) is 3.55. The molecule has 1 aromatic carbocycles. The summed E-state index contributed by atoms with van der Waals surface area (Å²) in [4.78, 5) is 21.6. The Balaban J connectivity index is 2.89. The average molecular weight is 345 g/mol. The molecular weight excluding hydrogens is 328 g/mol. The van der Waals surface area contributed by atoms with E-state index in [0.29, 0.717) is 23.9 Å². The number of carboxylic acids is 1. The minimum atomic E-state index is -0.971. The van der Waals surface area contributed by atoms with Gasteiger partial charge in [0.05, 0.1) is 4.92 Å². The second kappa shape index (κ2) is 6.81. The zero-order chi connectivity index (χ0) is 15.3. The number of non-ortho nitro benzene ring substituents is 1. The quantitative estimate of drug-likeness (QED) is 0.585. The Hall–Kier alpha value is -1.47. The molecule has 0 aliphatic carbocycles. The normalized spacial score (nSPS) is 11.3. The fourth-order valence-corrected chi connectivity index (χ4v) is 2.44. The highest BCUT2D eigenvalue weighted by atomic mass is 79.9. The number of halogens is 1. The first-order valence-electron chi connectivity index (χ1n) is 6.27. The molecule has 7 heteroatoms. The summed E-state index contributed by atoms with van der Waals surface area (Å²) in [5.41, 5.74) is -0.194. The van der Waals surface area contributed by atoms with Crippen molar-refractivity contribution in [2.75, 3.05) is 0 Å². The monoisotopic (exact) mass is 344 g/mol. The maximum Gasteiger partial charge on any atom is 0.323 e. The van der Waals surface area contributed by atoms with Crippen LogP contribution in [-0.2, 0) is 11.3 Å². The molecule has 0 atom stereocenters. The van der Waals surface area contributed by atoms with E-state index in [1.54, 1.807) is 6.07 Å². The van der Waals surface area contributed by atoms with Crippen LogP contribution in [0.15, 0.2) is 22.7 Å². The molecule has 0 unspecified atom stereocenters. The molecule has 0 aromatic heterocycles. The molecule has 110 valence electrons. The van der Waals surface area contributed by atoms with Gasteiger partial charge in [-0.1, -0.05) is 29.8 Å². The lowest BCUT2D eigenvalue weighted by atomic mass is 9.92. The van der Waals surface area contributed by atoms with Crippen molar-refractivity contribution in [3.63, 3.8) is 0 Å². The summed E-state index contributed by atoms with van der Waals surface area (Å²) in [6, 6.07) is 4.44. The number of aliphatic carboxylic acids is 1. The first kappa shape index (κ1) is 16.6. The standard InChI is InChI=1S/C13H17BrN2O4/c1-3-13(4-2,12(17)18)15-8-9-5-6-10(16(19)20)7-11(9)14/h5-7,15H,3-4,8H2,1-2H3,(H,17,18). The fourth-order valence-electron chi connectivity index (χ4n) is 1.94. The SMILES string of the molecule is CCC(CC)(NCc1ccc([N+](=O)[O-])cc1Br)C(=O)O. The lowest BCUT2D eigenvalue weighted by molar-refractivity contribution is -0.384. The second-order valence-electron chi connectivity index (χ2n) is 4.48. The maximum atomic E-state index is 11.4. The van der Waals surface area contributed by atoms with Crippen LogP contribution in [0.4, 0.5) is 5.69 Å². The van der Waals surface area contributed by atoms with Crippen LogP contribution in [-0.4, -0.2) is 21.5 Å². The van der Waals surface area contributed by atoms with Crippen molar-refractivity contribution >= 4 is 27.6 Å². The minimum absolute atomic E-state index is 0.00361. The molecule has 1 aromatic rings. The lowest BCUT2D eigenvalue weighted by Crippen LogP contribution is -2.50. The Morgan fingerprint density at radius 2 is 2.05 bits per heavy atom. The molecule has 1 rings (SSSR count). The molecular formula is C13H17BrN2O4. The molecule has 0 aliphatic rings. The van der Waals surface area contributed by atoms with E-state index < -0.39 is 16.4 Å². The van der Waals surface area contributed by atoms with E-state index in [-0.39, 0.29) is 5.69 Å². The summed E-state index contributed by atoms with van der Waals surface area (Å²) in [5.74, 6) is -0.888. The smallest absolute Gasteiger partial charge is 0.323 e. The number of nitrogens with one attached hydrogen (secondary N) is 1. The van der Waals surface area contributed by atoms with Crippen LogP contribution in [0.1, 0.15) is 32.3 Å². The van der Waals surface area contributed by atoms with Crippen molar-refractivity contribution in [1.29, 1.82) is 0 Å². The fraction of sp³-hybridized carbons (Fsp3) is 0.462. The van der Waals surface area contributed by atoms with Crippen LogP contribution in [0, 0.1) is 10.1 Å². The Morgan fingerprint density at radius 1 is 1.45 bits per heavy atom. The van der Waals surface area contributed by atoms with Crippen molar-refractivity contribution in [2.24, 2.45) is 0 Å². The van der Waals surface area contributed by atoms with Crippen LogP contribution in [0.5, 0.6) is 0 Å². The average Bonchev–Trinajstić information content (AvgIpc) is 2.41. The highest BCUT2D eigenvalue weighted by molar-refractivity contribution is 9.10. The van der Waals surface area contributed by atoms with Gasteiger partial charge >= 0.3 is 5.97 Å². The molecule has 0 bridgehead atoms. The number of carbonyl (C=O) groups is 1. The van der Waals surface area contributed by atoms with Gasteiger partial charge in [-0.2, -0.15) is 0 Å². The van der Waals surface area contributed by atoms with Gasteiger partial charge in [-0.25, -0.2) is 0 Å². The number of rotatable bonds is 7. The summed E-state index contributed by atoms with van der Waals surface area (Å²) < 4.78 is 0.589. The van der Waals surface area contributed by atoms with Gasteiger partial charge in [-0.15, -0.1) is 0 Å². The van der Waals surface area contributed by atoms with Gasteiger partial charge in [-0.3, -0.25) is 20.2 Å². The molecule has 0 amide bonds. The van der Waals surface area contributed by atoms with Gasteiger partial charge in [0.1, 0.15) is 5.54 Å². The second-order valence-corrected chi connectivity index (χ2v) is 5.34. The van der Waals surface area contributed by atoms with Gasteiger partial charge < -0.3 is 5.11 Å². The summed E-state index contributed by atoms with van der Waals surface area (Å²) >= 11 is 3.27. The molecule has 0 heterocycles. The minimum Gasteiger partial charge on any atom is -0.480 e. The molecule has 0 saturated carbocycles. The van der Waals surface area contributed by atoms with E-state index in [1.807, 2.05) is 13.8 Å². The number of carboxylic acid groups (broad SMARTS) is 1. The lowest BCUT2D eigenvalue weighted by Gasteiger charge is -2.28. The van der Waals surface area contributed by atoms with Crippen molar-refractivity contribution in [3.05, 3.63) is 38.3 Å². The Kier molecular flexibility index (Phi) is 5.64. The number of hydrogen-bond donors (Lipinski definition) is 2. The van der Waals surface area contributed by atoms with Crippen LogP contribution in [0.25, 0.3) is 0 Å². The van der Waals surface area contributed by atoms with E-state index in [2.05, 4.69) is 21.2 Å². The van der Waals surface area contributed by atoms with Crippen LogP contribution in [0.3, 0.4) is 0 Å². The zero-order valence-electron chi connectivity index (χ0n) is 11.4. The van der Waals surface area contributed by atoms with Crippen LogP contribution >= 0.6 is 15.9 Å². The third-order valence-corrected chi connectivity index (χ3v) is 4.22. The number of benzene rings is 1. The zero-order valence-corrected chi connectivity index (χ0v) is 12.9.